The van der Waals surface area contributed by atoms with Crippen LogP contribution in [0.15, 0.2) is 79.5 Å². The summed E-state index contributed by atoms with van der Waals surface area (Å²) in [4.78, 5) is 19.0. The van der Waals surface area contributed by atoms with Crippen molar-refractivity contribution in [1.82, 2.24) is 35.0 Å². The highest BCUT2D eigenvalue weighted by Gasteiger charge is 2.15. The molecule has 0 spiro atoms. The predicted octanol–water partition coefficient (Wildman–Crippen LogP) is 5.29. The molecule has 5 aromatic heterocycles. The van der Waals surface area contributed by atoms with Crippen molar-refractivity contribution in [2.24, 2.45) is 0 Å². The smallest absolute Gasteiger partial charge is 0.181 e. The number of nitrogens with one attached hydrogen (secondary N) is 2. The zero-order chi connectivity index (χ0) is 23.1. The summed E-state index contributed by atoms with van der Waals surface area (Å²) in [5.74, 6) is 0. The molecule has 0 radical (unpaired) electrons. The zero-order valence-corrected chi connectivity index (χ0v) is 18.9. The molecule has 6 rings (SSSR count). The maximum atomic E-state index is 4.61. The molecule has 0 saturated carbocycles. The van der Waals surface area contributed by atoms with Gasteiger partial charge in [-0.1, -0.05) is 18.2 Å². The molecule has 166 valence electrons. The Morgan fingerprint density at radius 3 is 2.56 bits per heavy atom. The molecule has 6 aromatic rings. The van der Waals surface area contributed by atoms with Gasteiger partial charge in [-0.3, -0.25) is 15.1 Å². The molecule has 0 amide bonds. The van der Waals surface area contributed by atoms with Gasteiger partial charge < -0.3 is 9.88 Å². The number of fused-ring (bicyclic) bond motifs is 2. The highest BCUT2D eigenvalue weighted by Crippen LogP contribution is 2.34. The largest absolute Gasteiger partial charge is 0.353 e. The van der Waals surface area contributed by atoms with E-state index in [1.807, 2.05) is 30.9 Å². The van der Waals surface area contributed by atoms with Gasteiger partial charge in [0.05, 0.1) is 11.4 Å². The minimum Gasteiger partial charge on any atom is -0.353 e. The van der Waals surface area contributed by atoms with E-state index in [1.54, 1.807) is 6.20 Å². The minimum absolute atomic E-state index is 0.683. The topological polar surface area (TPSA) is 86.4 Å². The van der Waals surface area contributed by atoms with E-state index in [0.717, 1.165) is 62.0 Å². The lowest BCUT2D eigenvalue weighted by Gasteiger charge is -2.10. The van der Waals surface area contributed by atoms with Crippen molar-refractivity contribution < 1.29 is 0 Å². The molecule has 0 saturated heterocycles. The van der Waals surface area contributed by atoms with Crippen molar-refractivity contribution in [2.75, 3.05) is 14.1 Å². The fourth-order valence-electron chi connectivity index (χ4n) is 4.42. The van der Waals surface area contributed by atoms with Gasteiger partial charge in [0.2, 0.25) is 0 Å². The molecule has 0 aliphatic rings. The molecule has 2 N–H and O–H groups in total. The lowest BCUT2D eigenvalue weighted by molar-refractivity contribution is 0.402. The average Bonchev–Trinajstić information content (AvgIpc) is 3.48. The zero-order valence-electron chi connectivity index (χ0n) is 18.9. The van der Waals surface area contributed by atoms with Gasteiger partial charge >= 0.3 is 0 Å². The fourth-order valence-corrected chi connectivity index (χ4v) is 4.42. The summed E-state index contributed by atoms with van der Waals surface area (Å²) >= 11 is 0. The van der Waals surface area contributed by atoms with Crippen molar-refractivity contribution in [2.45, 2.75) is 6.54 Å². The lowest BCUT2D eigenvalue weighted by Crippen LogP contribution is -2.10. The Bertz CT molecular complexity index is 1610. The molecule has 7 heteroatoms. The maximum absolute atomic E-state index is 4.61. The van der Waals surface area contributed by atoms with Crippen molar-refractivity contribution in [3.63, 3.8) is 0 Å². The van der Waals surface area contributed by atoms with E-state index in [1.165, 1.54) is 0 Å². The van der Waals surface area contributed by atoms with Crippen LogP contribution in [0, 0.1) is 0 Å². The van der Waals surface area contributed by atoms with Crippen LogP contribution in [0.2, 0.25) is 0 Å². The van der Waals surface area contributed by atoms with E-state index in [0.29, 0.717) is 5.65 Å². The first-order chi connectivity index (χ1) is 16.7. The molecule has 0 aliphatic heterocycles. The summed E-state index contributed by atoms with van der Waals surface area (Å²) in [5.41, 5.74) is 9.05. The molecule has 0 bridgehead atoms. The molecule has 0 fully saturated rings. The second-order valence-corrected chi connectivity index (χ2v) is 8.70. The van der Waals surface area contributed by atoms with Gasteiger partial charge in [-0.15, -0.1) is 0 Å². The van der Waals surface area contributed by atoms with Crippen LogP contribution < -0.4 is 0 Å². The fraction of sp³-hybridized carbons (Fsp3) is 0.111. The summed E-state index contributed by atoms with van der Waals surface area (Å²) in [5, 5.41) is 9.74. The molecule has 7 nitrogen and oxygen atoms in total. The van der Waals surface area contributed by atoms with Crippen molar-refractivity contribution in [3.8, 4) is 33.6 Å². The van der Waals surface area contributed by atoms with E-state index in [9.17, 15) is 0 Å². The standard InChI is InChI=1S/C27H23N7/c1-34(2)16-17-9-19(14-29-12-17)20-10-23-26(32-33-27(23)30-15-20)25-11-22-21(6-3-7-24(22)31-25)18-5-4-8-28-13-18/h3-15,31H,16H2,1-2H3,(H,30,32,33). The second-order valence-electron chi connectivity index (χ2n) is 8.70. The number of H-pyrrole nitrogens is 2. The Morgan fingerprint density at radius 1 is 0.824 bits per heavy atom. The SMILES string of the molecule is CN(C)Cc1cncc(-c2cnc3n[nH]c(-c4cc5c(-c6cccnc6)cccc5[nH]4)c3c2)c1. The first kappa shape index (κ1) is 20.3. The van der Waals surface area contributed by atoms with E-state index < -0.39 is 0 Å². The van der Waals surface area contributed by atoms with Gasteiger partial charge in [-0.05, 0) is 55.6 Å². The van der Waals surface area contributed by atoms with Crippen LogP contribution in [-0.2, 0) is 6.54 Å². The molecule has 0 unspecified atom stereocenters. The van der Waals surface area contributed by atoms with E-state index in [2.05, 4.69) is 91.6 Å². The van der Waals surface area contributed by atoms with Gasteiger partial charge in [0, 0.05) is 70.5 Å². The van der Waals surface area contributed by atoms with Crippen LogP contribution in [0.25, 0.3) is 55.6 Å². The van der Waals surface area contributed by atoms with Crippen LogP contribution >= 0.6 is 0 Å². The molecule has 0 aliphatic carbocycles. The van der Waals surface area contributed by atoms with Crippen molar-refractivity contribution in [1.29, 1.82) is 0 Å². The average molecular weight is 446 g/mol. The Kier molecular flexibility index (Phi) is 4.89. The Labute approximate surface area is 196 Å². The summed E-state index contributed by atoms with van der Waals surface area (Å²) in [6.07, 6.45) is 9.32. The number of aromatic nitrogens is 6. The highest BCUT2D eigenvalue weighted by molar-refractivity contribution is 6.01. The molecular weight excluding hydrogens is 422 g/mol. The molecule has 0 atom stereocenters. The van der Waals surface area contributed by atoms with Crippen LogP contribution in [0.4, 0.5) is 0 Å². The van der Waals surface area contributed by atoms with Gasteiger partial charge in [0.25, 0.3) is 0 Å². The van der Waals surface area contributed by atoms with Crippen LogP contribution in [0.5, 0.6) is 0 Å². The summed E-state index contributed by atoms with van der Waals surface area (Å²) in [6.45, 7) is 0.835. The number of hydrogen-bond donors (Lipinski definition) is 2. The third-order valence-corrected chi connectivity index (χ3v) is 5.94. The number of hydrogen-bond acceptors (Lipinski definition) is 5. The number of benzene rings is 1. The van der Waals surface area contributed by atoms with Crippen molar-refractivity contribution >= 4 is 21.9 Å². The Morgan fingerprint density at radius 2 is 1.71 bits per heavy atom. The maximum Gasteiger partial charge on any atom is 0.181 e. The molecule has 1 aromatic carbocycles. The quantitative estimate of drug-likeness (QED) is 0.376. The highest BCUT2D eigenvalue weighted by atomic mass is 15.2. The van der Waals surface area contributed by atoms with Crippen LogP contribution in [0.1, 0.15) is 5.56 Å². The van der Waals surface area contributed by atoms with Crippen LogP contribution in [-0.4, -0.2) is 49.1 Å². The van der Waals surface area contributed by atoms with E-state index in [4.69, 9.17) is 0 Å². The normalized spacial score (nSPS) is 11.6. The van der Waals surface area contributed by atoms with Gasteiger partial charge in [0.15, 0.2) is 5.65 Å². The third kappa shape index (κ3) is 3.62. The third-order valence-electron chi connectivity index (χ3n) is 5.94. The monoisotopic (exact) mass is 445 g/mol. The van der Waals surface area contributed by atoms with Gasteiger partial charge in [0.1, 0.15) is 0 Å². The second kappa shape index (κ2) is 8.20. The first-order valence-corrected chi connectivity index (χ1v) is 11.1. The molecular formula is C27H23N7. The summed E-state index contributed by atoms with van der Waals surface area (Å²) < 4.78 is 0. The summed E-state index contributed by atoms with van der Waals surface area (Å²) in [7, 11) is 4.11. The van der Waals surface area contributed by atoms with Gasteiger partial charge in [-0.2, -0.15) is 5.10 Å². The van der Waals surface area contributed by atoms with Gasteiger partial charge in [-0.25, -0.2) is 4.98 Å². The molecule has 5 heterocycles. The Hall–Kier alpha value is -4.36. The number of nitrogens with zero attached hydrogens (tertiary/aromatic N) is 5. The van der Waals surface area contributed by atoms with Crippen LogP contribution in [0.3, 0.4) is 0 Å². The number of aromatic amines is 2. The number of rotatable bonds is 5. The van der Waals surface area contributed by atoms with Crippen molar-refractivity contribution in [3.05, 3.63) is 85.1 Å². The Balaban J connectivity index is 1.45. The first-order valence-electron chi connectivity index (χ1n) is 11.1. The summed E-state index contributed by atoms with van der Waals surface area (Å²) in [6, 6.07) is 16.8. The van der Waals surface area contributed by atoms with E-state index in [-0.39, 0.29) is 0 Å². The number of pyridine rings is 3. The molecule has 34 heavy (non-hydrogen) atoms. The lowest BCUT2D eigenvalue weighted by atomic mass is 10.0. The van der Waals surface area contributed by atoms with E-state index >= 15 is 0 Å². The predicted molar refractivity (Wildman–Crippen MR) is 135 cm³/mol. The minimum atomic E-state index is 0.683.